The Hall–Kier alpha value is -0.0100. The van der Waals surface area contributed by atoms with Crippen molar-refractivity contribution in [2.24, 2.45) is 0 Å². The molecule has 13 heavy (non-hydrogen) atoms. The molecule has 80 valence electrons. The van der Waals surface area contributed by atoms with Crippen LogP contribution in [0.5, 0.6) is 0 Å². The van der Waals surface area contributed by atoms with Crippen LogP contribution in [0.3, 0.4) is 0 Å². The maximum Gasteiger partial charge on any atom is 0.00159 e. The van der Waals surface area contributed by atoms with Gasteiger partial charge in [0.25, 0.3) is 0 Å². The Morgan fingerprint density at radius 1 is 1.00 bits per heavy atom. The summed E-state index contributed by atoms with van der Waals surface area (Å²) in [6.07, 6.45) is 8.14. The van der Waals surface area contributed by atoms with Crippen LogP contribution in [0.2, 0.25) is 0 Å². The molecular weight excluding hydrogens is 182 g/mol. The van der Waals surface area contributed by atoms with Crippen molar-refractivity contribution < 1.29 is 0 Å². The lowest BCUT2D eigenvalue weighted by molar-refractivity contribution is 0.280. The summed E-state index contributed by atoms with van der Waals surface area (Å²) in [7, 11) is 0. The first-order valence-electron chi connectivity index (χ1n) is 5.18. The summed E-state index contributed by atoms with van der Waals surface area (Å²) in [5, 5.41) is 0. The molecule has 0 atom stereocenters. The van der Waals surface area contributed by atoms with E-state index in [0.29, 0.717) is 0 Å². The predicted molar refractivity (Wildman–Crippen MR) is 63.7 cm³/mol. The Morgan fingerprint density at radius 3 is 1.92 bits per heavy atom. The second-order valence-electron chi connectivity index (χ2n) is 3.20. The summed E-state index contributed by atoms with van der Waals surface area (Å²) in [4.78, 5) is 2.54. The van der Waals surface area contributed by atoms with Crippen molar-refractivity contribution in [3.8, 4) is 0 Å². The van der Waals surface area contributed by atoms with Crippen LogP contribution in [0.4, 0.5) is 0 Å². The van der Waals surface area contributed by atoms with Crippen LogP contribution >= 0.6 is 12.4 Å². The van der Waals surface area contributed by atoms with Crippen molar-refractivity contribution in [1.29, 1.82) is 0 Å². The molecule has 0 aliphatic carbocycles. The summed E-state index contributed by atoms with van der Waals surface area (Å²) < 4.78 is 0. The van der Waals surface area contributed by atoms with E-state index in [0.717, 1.165) is 0 Å². The standard InChI is InChI=1S/C11H23N.ClH/c1-4-7-8-11-12(9-5-2)10-6-3;/h4,7H,5-6,8-11H2,1-3H3;1H/b7-4+;. The number of hydrogen-bond donors (Lipinski definition) is 0. The van der Waals surface area contributed by atoms with E-state index in [-0.39, 0.29) is 12.4 Å². The van der Waals surface area contributed by atoms with Gasteiger partial charge in [-0.1, -0.05) is 26.0 Å². The Morgan fingerprint density at radius 2 is 1.54 bits per heavy atom. The maximum atomic E-state index is 2.54. The Bertz CT molecular complexity index is 107. The molecule has 0 aromatic carbocycles. The molecule has 0 spiro atoms. The Kier molecular flexibility index (Phi) is 14.3. The third-order valence-corrected chi connectivity index (χ3v) is 1.93. The molecule has 0 saturated carbocycles. The molecule has 0 aromatic heterocycles. The maximum absolute atomic E-state index is 2.54. The lowest BCUT2D eigenvalue weighted by Crippen LogP contribution is -2.26. The first-order valence-corrected chi connectivity index (χ1v) is 5.18. The minimum Gasteiger partial charge on any atom is -0.303 e. The average molecular weight is 206 g/mol. The highest BCUT2D eigenvalue weighted by atomic mass is 35.5. The zero-order valence-electron chi connectivity index (χ0n) is 9.25. The molecule has 0 heterocycles. The Labute approximate surface area is 89.6 Å². The van der Waals surface area contributed by atoms with E-state index < -0.39 is 0 Å². The zero-order chi connectivity index (χ0) is 9.23. The lowest BCUT2D eigenvalue weighted by Gasteiger charge is -2.19. The number of rotatable bonds is 7. The molecule has 0 saturated heterocycles. The number of nitrogens with zero attached hydrogens (tertiary/aromatic N) is 1. The van der Waals surface area contributed by atoms with E-state index >= 15 is 0 Å². The first-order chi connectivity index (χ1) is 5.85. The SMILES string of the molecule is C/C=C/CCN(CCC)CCC.Cl. The molecule has 0 amide bonds. The van der Waals surface area contributed by atoms with Gasteiger partial charge in [0, 0.05) is 6.54 Å². The normalized spacial score (nSPS) is 10.8. The number of hydrogen-bond acceptors (Lipinski definition) is 1. The fraction of sp³-hybridized carbons (Fsp3) is 0.818. The van der Waals surface area contributed by atoms with Gasteiger partial charge in [0.05, 0.1) is 0 Å². The molecule has 0 fully saturated rings. The third-order valence-electron chi connectivity index (χ3n) is 1.93. The largest absolute Gasteiger partial charge is 0.303 e. The van der Waals surface area contributed by atoms with E-state index in [1.165, 1.54) is 38.9 Å². The summed E-state index contributed by atoms with van der Waals surface area (Å²) in [6, 6.07) is 0. The number of allylic oxidation sites excluding steroid dienone is 1. The second-order valence-corrected chi connectivity index (χ2v) is 3.20. The van der Waals surface area contributed by atoms with E-state index in [9.17, 15) is 0 Å². The highest BCUT2D eigenvalue weighted by Crippen LogP contribution is 1.96. The monoisotopic (exact) mass is 205 g/mol. The zero-order valence-corrected chi connectivity index (χ0v) is 10.1. The van der Waals surface area contributed by atoms with Gasteiger partial charge in [0.1, 0.15) is 0 Å². The molecule has 1 nitrogen and oxygen atoms in total. The van der Waals surface area contributed by atoms with Crippen molar-refractivity contribution in [3.63, 3.8) is 0 Å². The second kappa shape index (κ2) is 12.0. The lowest BCUT2D eigenvalue weighted by atomic mass is 10.3. The molecule has 0 radical (unpaired) electrons. The molecule has 0 aliphatic heterocycles. The van der Waals surface area contributed by atoms with E-state index in [2.05, 4.69) is 37.8 Å². The van der Waals surface area contributed by atoms with Crippen molar-refractivity contribution in [2.45, 2.75) is 40.0 Å². The molecule has 0 rings (SSSR count). The summed E-state index contributed by atoms with van der Waals surface area (Å²) in [5.41, 5.74) is 0. The summed E-state index contributed by atoms with van der Waals surface area (Å²) in [6.45, 7) is 10.3. The Balaban J connectivity index is 0. The van der Waals surface area contributed by atoms with Gasteiger partial charge in [0.2, 0.25) is 0 Å². The molecule has 2 heteroatoms. The van der Waals surface area contributed by atoms with Crippen LogP contribution in [0.15, 0.2) is 12.2 Å². The van der Waals surface area contributed by atoms with Gasteiger partial charge in [0.15, 0.2) is 0 Å². The minimum absolute atomic E-state index is 0. The van der Waals surface area contributed by atoms with Crippen LogP contribution in [0.25, 0.3) is 0 Å². The number of halogens is 1. The van der Waals surface area contributed by atoms with E-state index in [4.69, 9.17) is 0 Å². The average Bonchev–Trinajstić information content (AvgIpc) is 2.06. The van der Waals surface area contributed by atoms with Crippen LogP contribution in [-0.2, 0) is 0 Å². The van der Waals surface area contributed by atoms with Gasteiger partial charge in [-0.05, 0) is 39.3 Å². The quantitative estimate of drug-likeness (QED) is 0.576. The van der Waals surface area contributed by atoms with Gasteiger partial charge < -0.3 is 4.90 Å². The molecule has 0 aromatic rings. The van der Waals surface area contributed by atoms with E-state index in [1.54, 1.807) is 0 Å². The van der Waals surface area contributed by atoms with E-state index in [1.807, 2.05) is 0 Å². The highest BCUT2D eigenvalue weighted by molar-refractivity contribution is 5.85. The molecular formula is C11H24ClN. The van der Waals surface area contributed by atoms with Crippen LogP contribution in [0, 0.1) is 0 Å². The van der Waals surface area contributed by atoms with Crippen LogP contribution < -0.4 is 0 Å². The van der Waals surface area contributed by atoms with Gasteiger partial charge in [-0.3, -0.25) is 0 Å². The van der Waals surface area contributed by atoms with Gasteiger partial charge in [-0.15, -0.1) is 12.4 Å². The van der Waals surface area contributed by atoms with Gasteiger partial charge in [-0.25, -0.2) is 0 Å². The summed E-state index contributed by atoms with van der Waals surface area (Å²) >= 11 is 0. The van der Waals surface area contributed by atoms with Crippen LogP contribution in [0.1, 0.15) is 40.0 Å². The predicted octanol–water partition coefficient (Wildman–Crippen LogP) is 3.50. The van der Waals surface area contributed by atoms with Gasteiger partial charge in [-0.2, -0.15) is 0 Å². The first kappa shape index (κ1) is 15.5. The molecule has 0 aliphatic rings. The van der Waals surface area contributed by atoms with Crippen molar-refractivity contribution in [1.82, 2.24) is 4.90 Å². The van der Waals surface area contributed by atoms with Crippen molar-refractivity contribution in [3.05, 3.63) is 12.2 Å². The fourth-order valence-corrected chi connectivity index (χ4v) is 1.39. The minimum atomic E-state index is 0. The molecule has 0 unspecified atom stereocenters. The summed E-state index contributed by atoms with van der Waals surface area (Å²) in [5.74, 6) is 0. The molecule has 0 N–H and O–H groups in total. The smallest absolute Gasteiger partial charge is 0.00159 e. The fourth-order valence-electron chi connectivity index (χ4n) is 1.39. The van der Waals surface area contributed by atoms with Gasteiger partial charge >= 0.3 is 0 Å². The highest BCUT2D eigenvalue weighted by Gasteiger charge is 1.99. The van der Waals surface area contributed by atoms with Crippen LogP contribution in [-0.4, -0.2) is 24.5 Å². The van der Waals surface area contributed by atoms with Crippen molar-refractivity contribution in [2.75, 3.05) is 19.6 Å². The van der Waals surface area contributed by atoms with Crippen molar-refractivity contribution >= 4 is 12.4 Å². The third kappa shape index (κ3) is 9.91. The topological polar surface area (TPSA) is 3.24 Å². The molecule has 0 bridgehead atoms.